The molecule has 0 spiro atoms. The van der Waals surface area contributed by atoms with E-state index in [1.165, 1.54) is 18.4 Å². The Morgan fingerprint density at radius 3 is 2.37 bits per heavy atom. The quantitative estimate of drug-likeness (QED) is 0.577. The number of rotatable bonds is 8. The van der Waals surface area contributed by atoms with Gasteiger partial charge in [0.2, 0.25) is 0 Å². The summed E-state index contributed by atoms with van der Waals surface area (Å²) >= 11 is 0. The minimum atomic E-state index is -0.176. The first kappa shape index (κ1) is 15.5. The van der Waals surface area contributed by atoms with Gasteiger partial charge in [0.05, 0.1) is 13.5 Å². The number of carbonyl (C=O) groups is 1. The van der Waals surface area contributed by atoms with Gasteiger partial charge in [0, 0.05) is 31.9 Å². The van der Waals surface area contributed by atoms with Crippen LogP contribution in [-0.4, -0.2) is 32.7 Å². The third-order valence-corrected chi connectivity index (χ3v) is 3.13. The molecule has 4 nitrogen and oxygen atoms in total. The molecule has 0 aliphatic carbocycles. The zero-order chi connectivity index (χ0) is 14.1. The van der Waals surface area contributed by atoms with E-state index >= 15 is 0 Å². The summed E-state index contributed by atoms with van der Waals surface area (Å²) in [5.74, 6) is -0.176. The number of hydrogen-bond acceptors (Lipinski definition) is 4. The summed E-state index contributed by atoms with van der Waals surface area (Å²) in [6.07, 6.45) is 0.411. The molecule has 0 radical (unpaired) electrons. The number of nitrogens with one attached hydrogen (secondary N) is 1. The Bertz CT molecular complexity index is 372. The summed E-state index contributed by atoms with van der Waals surface area (Å²) in [4.78, 5) is 13.3. The fourth-order valence-corrected chi connectivity index (χ4v) is 1.94. The Hall–Kier alpha value is -1.55. The Kier molecular flexibility index (Phi) is 6.97. The van der Waals surface area contributed by atoms with Crippen molar-refractivity contribution in [3.05, 3.63) is 29.8 Å². The van der Waals surface area contributed by atoms with Crippen LogP contribution in [0.4, 0.5) is 5.69 Å². The second kappa shape index (κ2) is 8.53. The first-order valence-corrected chi connectivity index (χ1v) is 6.82. The van der Waals surface area contributed by atoms with E-state index in [-0.39, 0.29) is 5.97 Å². The second-order valence-electron chi connectivity index (χ2n) is 4.34. The molecule has 0 aliphatic rings. The van der Waals surface area contributed by atoms with E-state index in [4.69, 9.17) is 0 Å². The molecule has 0 aliphatic heterocycles. The highest BCUT2D eigenvalue weighted by molar-refractivity contribution is 5.69. The molecular formula is C15H24N2O2. The lowest BCUT2D eigenvalue weighted by Gasteiger charge is -2.21. The highest BCUT2D eigenvalue weighted by Crippen LogP contribution is 2.14. The number of ether oxygens (including phenoxy) is 1. The summed E-state index contributed by atoms with van der Waals surface area (Å²) in [7, 11) is 1.41. The molecule has 0 bridgehead atoms. The fraction of sp³-hybridized carbons (Fsp3) is 0.533. The van der Waals surface area contributed by atoms with Gasteiger partial charge in [0.15, 0.2) is 0 Å². The Morgan fingerprint density at radius 2 is 1.84 bits per heavy atom. The third-order valence-electron chi connectivity index (χ3n) is 3.13. The minimum absolute atomic E-state index is 0.176. The monoisotopic (exact) mass is 264 g/mol. The number of hydrogen-bond donors (Lipinski definition) is 1. The molecule has 0 saturated heterocycles. The second-order valence-corrected chi connectivity index (χ2v) is 4.34. The standard InChI is InChI=1S/C15H24N2O2/c1-4-17(5-2)14-8-6-13(7-9-14)12-16-11-10-15(18)19-3/h6-9,16H,4-5,10-12H2,1-3H3. The first-order valence-electron chi connectivity index (χ1n) is 6.82. The van der Waals surface area contributed by atoms with Crippen molar-refractivity contribution in [2.45, 2.75) is 26.8 Å². The molecule has 0 aromatic heterocycles. The molecule has 1 aromatic carbocycles. The minimum Gasteiger partial charge on any atom is -0.469 e. The van der Waals surface area contributed by atoms with Crippen LogP contribution in [0.1, 0.15) is 25.8 Å². The summed E-state index contributed by atoms with van der Waals surface area (Å²) in [5, 5.41) is 3.23. The summed E-state index contributed by atoms with van der Waals surface area (Å²) in [5.41, 5.74) is 2.48. The van der Waals surface area contributed by atoms with Gasteiger partial charge in [0.1, 0.15) is 0 Å². The molecule has 0 heterocycles. The smallest absolute Gasteiger partial charge is 0.306 e. The summed E-state index contributed by atoms with van der Waals surface area (Å²) in [6, 6.07) is 8.53. The average Bonchev–Trinajstić information content (AvgIpc) is 2.46. The van der Waals surface area contributed by atoms with Crippen molar-refractivity contribution in [1.82, 2.24) is 5.32 Å². The Labute approximate surface area is 115 Å². The van der Waals surface area contributed by atoms with Crippen molar-refractivity contribution in [2.75, 3.05) is 31.6 Å². The maximum absolute atomic E-state index is 10.9. The van der Waals surface area contributed by atoms with Gasteiger partial charge in [0.25, 0.3) is 0 Å². The van der Waals surface area contributed by atoms with Crippen LogP contribution < -0.4 is 10.2 Å². The van der Waals surface area contributed by atoms with Crippen molar-refractivity contribution < 1.29 is 9.53 Å². The SMILES string of the molecule is CCN(CC)c1ccc(CNCCC(=O)OC)cc1. The lowest BCUT2D eigenvalue weighted by atomic mass is 10.2. The van der Waals surface area contributed by atoms with Crippen LogP contribution in [-0.2, 0) is 16.1 Å². The molecule has 19 heavy (non-hydrogen) atoms. The maximum Gasteiger partial charge on any atom is 0.306 e. The van der Waals surface area contributed by atoms with E-state index in [2.05, 4.69) is 53.1 Å². The van der Waals surface area contributed by atoms with Gasteiger partial charge in [-0.25, -0.2) is 0 Å². The van der Waals surface area contributed by atoms with Crippen molar-refractivity contribution in [1.29, 1.82) is 0 Å². The molecule has 0 amide bonds. The molecule has 106 valence electrons. The zero-order valence-corrected chi connectivity index (χ0v) is 12.1. The Balaban J connectivity index is 2.38. The molecule has 0 saturated carbocycles. The van der Waals surface area contributed by atoms with E-state index < -0.39 is 0 Å². The Morgan fingerprint density at radius 1 is 1.21 bits per heavy atom. The third kappa shape index (κ3) is 5.30. The van der Waals surface area contributed by atoms with Crippen molar-refractivity contribution in [3.63, 3.8) is 0 Å². The normalized spacial score (nSPS) is 10.3. The van der Waals surface area contributed by atoms with Crippen LogP contribution >= 0.6 is 0 Å². The maximum atomic E-state index is 10.9. The van der Waals surface area contributed by atoms with Crippen LogP contribution in [0, 0.1) is 0 Å². The van der Waals surface area contributed by atoms with E-state index in [1.54, 1.807) is 0 Å². The topological polar surface area (TPSA) is 41.6 Å². The number of esters is 1. The molecule has 1 aromatic rings. The van der Waals surface area contributed by atoms with Gasteiger partial charge in [-0.15, -0.1) is 0 Å². The van der Waals surface area contributed by atoms with E-state index in [9.17, 15) is 4.79 Å². The van der Waals surface area contributed by atoms with Crippen LogP contribution in [0.3, 0.4) is 0 Å². The van der Waals surface area contributed by atoms with Gasteiger partial charge < -0.3 is 15.0 Å². The molecule has 0 fully saturated rings. The van der Waals surface area contributed by atoms with E-state index in [1.807, 2.05) is 0 Å². The zero-order valence-electron chi connectivity index (χ0n) is 12.1. The number of nitrogens with zero attached hydrogens (tertiary/aromatic N) is 1. The van der Waals surface area contributed by atoms with Crippen LogP contribution in [0.25, 0.3) is 0 Å². The first-order chi connectivity index (χ1) is 9.21. The van der Waals surface area contributed by atoms with Crippen molar-refractivity contribution in [3.8, 4) is 0 Å². The van der Waals surface area contributed by atoms with Crippen LogP contribution in [0.15, 0.2) is 24.3 Å². The van der Waals surface area contributed by atoms with E-state index in [0.717, 1.165) is 19.6 Å². The van der Waals surface area contributed by atoms with Gasteiger partial charge in [-0.2, -0.15) is 0 Å². The fourth-order valence-electron chi connectivity index (χ4n) is 1.94. The summed E-state index contributed by atoms with van der Waals surface area (Å²) in [6.45, 7) is 7.78. The lowest BCUT2D eigenvalue weighted by molar-refractivity contribution is -0.140. The molecule has 4 heteroatoms. The number of benzene rings is 1. The van der Waals surface area contributed by atoms with Gasteiger partial charge in [-0.05, 0) is 31.5 Å². The highest BCUT2D eigenvalue weighted by atomic mass is 16.5. The van der Waals surface area contributed by atoms with Gasteiger partial charge >= 0.3 is 5.97 Å². The predicted molar refractivity (Wildman–Crippen MR) is 78.3 cm³/mol. The van der Waals surface area contributed by atoms with Crippen molar-refractivity contribution >= 4 is 11.7 Å². The molecular weight excluding hydrogens is 240 g/mol. The summed E-state index contributed by atoms with van der Waals surface area (Å²) < 4.78 is 4.58. The number of anilines is 1. The van der Waals surface area contributed by atoms with E-state index in [0.29, 0.717) is 13.0 Å². The molecule has 0 unspecified atom stereocenters. The highest BCUT2D eigenvalue weighted by Gasteiger charge is 2.02. The van der Waals surface area contributed by atoms with Gasteiger partial charge in [-0.3, -0.25) is 4.79 Å². The van der Waals surface area contributed by atoms with Crippen molar-refractivity contribution in [2.24, 2.45) is 0 Å². The average molecular weight is 264 g/mol. The largest absolute Gasteiger partial charge is 0.469 e. The molecule has 1 N–H and O–H groups in total. The number of carbonyl (C=O) groups excluding carboxylic acids is 1. The molecule has 1 rings (SSSR count). The molecule has 0 atom stereocenters. The van der Waals surface area contributed by atoms with Crippen LogP contribution in [0.2, 0.25) is 0 Å². The van der Waals surface area contributed by atoms with Gasteiger partial charge in [-0.1, -0.05) is 12.1 Å². The lowest BCUT2D eigenvalue weighted by Crippen LogP contribution is -2.22. The van der Waals surface area contributed by atoms with Crippen LogP contribution in [0.5, 0.6) is 0 Å². The predicted octanol–water partition coefficient (Wildman–Crippen LogP) is 2.19. The number of methoxy groups -OCH3 is 1.